The van der Waals surface area contributed by atoms with Gasteiger partial charge < -0.3 is 25.7 Å². The minimum absolute atomic E-state index is 0.0746. The number of aromatic nitrogens is 3. The van der Waals surface area contributed by atoms with E-state index in [1.54, 1.807) is 70.2 Å². The van der Waals surface area contributed by atoms with Crippen LogP contribution in [0.25, 0.3) is 5.69 Å². The second-order valence-electron chi connectivity index (χ2n) is 15.4. The van der Waals surface area contributed by atoms with E-state index in [4.69, 9.17) is 10.5 Å². The van der Waals surface area contributed by atoms with Crippen molar-refractivity contribution in [2.75, 3.05) is 5.32 Å². The fraction of sp³-hybridized carbons (Fsp3) is 0.410. The van der Waals surface area contributed by atoms with Crippen molar-refractivity contribution in [2.24, 2.45) is 11.7 Å². The molecule has 5 N–H and O–H groups in total. The van der Waals surface area contributed by atoms with Crippen molar-refractivity contribution in [1.29, 1.82) is 0 Å². The molecular formula is C39H48FN7O5S. The molecule has 282 valence electrons. The summed E-state index contributed by atoms with van der Waals surface area (Å²) in [4.78, 5) is 42.4. The summed E-state index contributed by atoms with van der Waals surface area (Å²) in [5, 5.41) is 10.0. The van der Waals surface area contributed by atoms with Crippen LogP contribution < -0.4 is 21.1 Å². The van der Waals surface area contributed by atoms with Gasteiger partial charge in [0.15, 0.2) is 0 Å². The zero-order valence-electron chi connectivity index (χ0n) is 31.2. The molecule has 4 aromatic rings. The number of anilines is 1. The van der Waals surface area contributed by atoms with Crippen LogP contribution in [-0.2, 0) is 28.2 Å². The molecule has 0 bridgehead atoms. The third kappa shape index (κ3) is 10.0. The molecule has 1 unspecified atom stereocenters. The number of ether oxygens (including phenoxy) is 1. The second kappa shape index (κ2) is 15.7. The van der Waals surface area contributed by atoms with E-state index >= 15 is 4.39 Å². The molecule has 1 fully saturated rings. The summed E-state index contributed by atoms with van der Waals surface area (Å²) in [6, 6.07) is 16.4. The van der Waals surface area contributed by atoms with Crippen LogP contribution in [0, 0.1) is 18.7 Å². The van der Waals surface area contributed by atoms with Gasteiger partial charge in [-0.1, -0.05) is 37.1 Å². The van der Waals surface area contributed by atoms with E-state index in [-0.39, 0.29) is 23.6 Å². The van der Waals surface area contributed by atoms with Gasteiger partial charge in [0.25, 0.3) is 11.8 Å². The Hall–Kier alpha value is -4.79. The fourth-order valence-corrected chi connectivity index (χ4v) is 6.73. The minimum atomic E-state index is -1.59. The van der Waals surface area contributed by atoms with E-state index in [0.717, 1.165) is 24.8 Å². The van der Waals surface area contributed by atoms with Crippen molar-refractivity contribution in [3.63, 3.8) is 0 Å². The number of rotatable bonds is 13. The Morgan fingerprint density at radius 3 is 2.36 bits per heavy atom. The number of aryl methyl sites for hydroxylation is 1. The van der Waals surface area contributed by atoms with Crippen molar-refractivity contribution >= 4 is 35.0 Å². The van der Waals surface area contributed by atoms with E-state index in [0.29, 0.717) is 34.8 Å². The zero-order chi connectivity index (χ0) is 38.7. The highest BCUT2D eigenvalue weighted by Crippen LogP contribution is 2.43. The van der Waals surface area contributed by atoms with Crippen LogP contribution in [0.2, 0.25) is 0 Å². The molecule has 0 saturated heterocycles. The van der Waals surface area contributed by atoms with Crippen molar-refractivity contribution < 1.29 is 28.1 Å². The topological polar surface area (TPSA) is 176 Å². The average Bonchev–Trinajstić information content (AvgIpc) is 3.84. The predicted octanol–water partition coefficient (Wildman–Crippen LogP) is 6.58. The minimum Gasteiger partial charge on any atom is -0.598 e. The van der Waals surface area contributed by atoms with Crippen LogP contribution in [0.4, 0.5) is 14.9 Å². The summed E-state index contributed by atoms with van der Waals surface area (Å²) < 4.78 is 39.0. The number of hydrogen-bond acceptors (Lipinski definition) is 8. The lowest BCUT2D eigenvalue weighted by Crippen LogP contribution is -2.52. The lowest BCUT2D eigenvalue weighted by molar-refractivity contribution is 0.0523. The zero-order valence-corrected chi connectivity index (χ0v) is 32.0. The first-order valence-corrected chi connectivity index (χ1v) is 18.7. The van der Waals surface area contributed by atoms with Gasteiger partial charge in [0, 0.05) is 24.1 Å². The Kier molecular flexibility index (Phi) is 11.7. The van der Waals surface area contributed by atoms with Crippen molar-refractivity contribution in [3.8, 4) is 5.69 Å². The molecule has 2 aromatic heterocycles. The molecule has 1 aliphatic rings. The SMILES string of the molecule is Cc1cc(C(=O)Nc2cc(C(CCC3CC3)(N[S@+]([O-])C(C)(C)C)c3ccc(C(N)=O)nc3)ccc2F)n(-c2cccc(CNC(=O)OC(C)(C)C)c2)n1. The molecule has 0 aliphatic heterocycles. The van der Waals surface area contributed by atoms with Crippen LogP contribution in [0.1, 0.15) is 111 Å². The van der Waals surface area contributed by atoms with Gasteiger partial charge in [0.05, 0.1) is 17.1 Å². The van der Waals surface area contributed by atoms with Gasteiger partial charge in [-0.3, -0.25) is 14.6 Å². The van der Waals surface area contributed by atoms with E-state index < -0.39 is 51.0 Å². The number of halogens is 1. The molecule has 0 radical (unpaired) electrons. The highest BCUT2D eigenvalue weighted by atomic mass is 32.2. The molecular weight excluding hydrogens is 698 g/mol. The van der Waals surface area contributed by atoms with Crippen LogP contribution >= 0.6 is 0 Å². The molecule has 1 saturated carbocycles. The van der Waals surface area contributed by atoms with Crippen molar-refractivity contribution in [3.05, 3.63) is 106 Å². The number of hydrogen-bond donors (Lipinski definition) is 4. The second-order valence-corrected chi connectivity index (χ2v) is 17.4. The number of alkyl carbamates (subject to hydrolysis) is 1. The van der Waals surface area contributed by atoms with Crippen LogP contribution in [0.15, 0.2) is 66.9 Å². The van der Waals surface area contributed by atoms with Gasteiger partial charge in [-0.05, 0) is 120 Å². The van der Waals surface area contributed by atoms with E-state index in [1.165, 1.54) is 23.0 Å². The summed E-state index contributed by atoms with van der Waals surface area (Å²) in [6.07, 6.45) is 4.41. The third-order valence-corrected chi connectivity index (χ3v) is 10.4. The average molecular weight is 746 g/mol. The number of nitrogens with one attached hydrogen (secondary N) is 3. The van der Waals surface area contributed by atoms with Gasteiger partial charge in [0.1, 0.15) is 33.1 Å². The number of primary amides is 1. The van der Waals surface area contributed by atoms with Gasteiger partial charge in [-0.25, -0.2) is 13.9 Å². The maximum Gasteiger partial charge on any atom is 0.407 e. The van der Waals surface area contributed by atoms with Crippen LogP contribution in [0.3, 0.4) is 0 Å². The number of amides is 3. The molecule has 2 aromatic carbocycles. The number of carbonyl (C=O) groups is 3. The van der Waals surface area contributed by atoms with Crippen molar-refractivity contribution in [2.45, 2.75) is 96.6 Å². The van der Waals surface area contributed by atoms with Gasteiger partial charge in [0.2, 0.25) is 0 Å². The van der Waals surface area contributed by atoms with Crippen molar-refractivity contribution in [1.82, 2.24) is 24.8 Å². The Labute approximate surface area is 312 Å². The molecule has 53 heavy (non-hydrogen) atoms. The summed E-state index contributed by atoms with van der Waals surface area (Å²) >= 11 is -1.59. The Morgan fingerprint density at radius 1 is 1.02 bits per heavy atom. The number of carbonyl (C=O) groups excluding carboxylic acids is 3. The lowest BCUT2D eigenvalue weighted by Gasteiger charge is -2.38. The van der Waals surface area contributed by atoms with Crippen LogP contribution in [-0.4, -0.2) is 47.6 Å². The maximum atomic E-state index is 15.7. The summed E-state index contributed by atoms with van der Waals surface area (Å²) in [5.74, 6) is -1.47. The summed E-state index contributed by atoms with van der Waals surface area (Å²) in [5.41, 5.74) is 6.86. The lowest BCUT2D eigenvalue weighted by atomic mass is 9.80. The highest BCUT2D eigenvalue weighted by molar-refractivity contribution is 7.90. The third-order valence-electron chi connectivity index (χ3n) is 8.72. The first kappa shape index (κ1) is 39.4. The van der Waals surface area contributed by atoms with Gasteiger partial charge >= 0.3 is 6.09 Å². The quantitative estimate of drug-likeness (QED) is 0.111. The number of benzene rings is 2. The normalized spacial score (nSPS) is 15.0. The number of pyridine rings is 1. The molecule has 2 heterocycles. The largest absolute Gasteiger partial charge is 0.598 e. The molecule has 0 spiro atoms. The first-order chi connectivity index (χ1) is 24.8. The smallest absolute Gasteiger partial charge is 0.407 e. The Balaban J connectivity index is 1.49. The van der Waals surface area contributed by atoms with Crippen LogP contribution in [0.5, 0.6) is 0 Å². The summed E-state index contributed by atoms with van der Waals surface area (Å²) in [6.45, 7) is 12.8. The van der Waals surface area contributed by atoms with E-state index in [9.17, 15) is 18.9 Å². The standard InChI is InChI=1S/C39H48FN7O5S/c1-24-19-33(47(45-24)29-10-8-9-26(20-29)22-43-36(50)52-37(2,3)4)35(49)44-32-21-27(13-15-30(32)40)39(18-17-25-11-12-25,46-53(51)38(5,6)7)28-14-16-31(34(41)48)42-23-28/h8-10,13-16,19-21,23,25,46H,11-12,17-18,22H2,1-7H3,(H2,41,48)(H,43,50)(H,44,49)/t39?,53-/m1/s1. The van der Waals surface area contributed by atoms with E-state index in [1.807, 2.05) is 26.8 Å². The molecule has 14 heteroatoms. The van der Waals surface area contributed by atoms with E-state index in [2.05, 4.69) is 25.4 Å². The predicted molar refractivity (Wildman–Crippen MR) is 202 cm³/mol. The highest BCUT2D eigenvalue weighted by Gasteiger charge is 2.44. The molecule has 12 nitrogen and oxygen atoms in total. The first-order valence-electron chi connectivity index (χ1n) is 17.5. The van der Waals surface area contributed by atoms with Gasteiger partial charge in [-0.15, -0.1) is 4.72 Å². The fourth-order valence-electron chi connectivity index (χ4n) is 5.77. The number of nitrogens with zero attached hydrogens (tertiary/aromatic N) is 3. The molecule has 2 atom stereocenters. The molecule has 1 aliphatic carbocycles. The Morgan fingerprint density at radius 2 is 1.74 bits per heavy atom. The van der Waals surface area contributed by atoms with Gasteiger partial charge in [-0.2, -0.15) is 5.10 Å². The molecule has 5 rings (SSSR count). The number of nitrogens with two attached hydrogens (primary N) is 1. The molecule has 3 amide bonds. The Bertz CT molecular complexity index is 1970. The maximum absolute atomic E-state index is 15.7. The summed E-state index contributed by atoms with van der Waals surface area (Å²) in [7, 11) is 0. The monoisotopic (exact) mass is 745 g/mol.